The lowest BCUT2D eigenvalue weighted by atomic mass is 9.82. The first-order valence-corrected chi connectivity index (χ1v) is 8.62. The van der Waals surface area contributed by atoms with Crippen LogP contribution in [0.2, 0.25) is 0 Å². The number of Topliss-reactive ketones (excluding diaryl/α,β-unsaturated/α-hetero) is 1. The standard InChI is InChI=1S/C18H33NO2/c1-7-13-8-10-14(11-9-13)19(6)12-15-16(20)18(4,5)21-17(15,2)3/h13-15H,7-12H2,1-6H3. The van der Waals surface area contributed by atoms with E-state index in [0.29, 0.717) is 6.04 Å². The minimum atomic E-state index is -0.630. The summed E-state index contributed by atoms with van der Waals surface area (Å²) in [7, 11) is 2.19. The van der Waals surface area contributed by atoms with Gasteiger partial charge in [-0.25, -0.2) is 0 Å². The zero-order valence-corrected chi connectivity index (χ0v) is 14.7. The van der Waals surface area contributed by atoms with E-state index in [1.54, 1.807) is 0 Å². The largest absolute Gasteiger partial charge is 0.361 e. The molecular formula is C18H33NO2. The van der Waals surface area contributed by atoms with Gasteiger partial charge in [0.2, 0.25) is 0 Å². The Bertz CT molecular complexity index is 381. The maximum atomic E-state index is 12.6. The molecule has 0 aromatic carbocycles. The van der Waals surface area contributed by atoms with Crippen molar-refractivity contribution in [3.05, 3.63) is 0 Å². The van der Waals surface area contributed by atoms with Crippen LogP contribution < -0.4 is 0 Å². The van der Waals surface area contributed by atoms with Gasteiger partial charge in [-0.1, -0.05) is 13.3 Å². The van der Waals surface area contributed by atoms with Gasteiger partial charge in [-0.05, 0) is 66.3 Å². The van der Waals surface area contributed by atoms with Crippen LogP contribution in [0.5, 0.6) is 0 Å². The summed E-state index contributed by atoms with van der Waals surface area (Å²) in [5, 5.41) is 0. The smallest absolute Gasteiger partial charge is 0.171 e. The zero-order chi connectivity index (χ0) is 15.8. The third kappa shape index (κ3) is 3.50. The van der Waals surface area contributed by atoms with Crippen molar-refractivity contribution in [3.8, 4) is 0 Å². The first kappa shape index (κ1) is 17.0. The topological polar surface area (TPSA) is 29.5 Å². The Hall–Kier alpha value is -0.410. The fourth-order valence-electron chi connectivity index (χ4n) is 4.25. The fraction of sp³-hybridized carbons (Fsp3) is 0.944. The Morgan fingerprint density at radius 3 is 2.14 bits per heavy atom. The highest BCUT2D eigenvalue weighted by molar-refractivity contribution is 5.91. The molecule has 0 amide bonds. The first-order chi connectivity index (χ1) is 9.67. The Balaban J connectivity index is 1.96. The number of ether oxygens (including phenoxy) is 1. The molecule has 1 aliphatic heterocycles. The highest BCUT2D eigenvalue weighted by Crippen LogP contribution is 2.40. The average molecular weight is 295 g/mol. The van der Waals surface area contributed by atoms with Gasteiger partial charge in [-0.15, -0.1) is 0 Å². The van der Waals surface area contributed by atoms with Crippen molar-refractivity contribution in [2.75, 3.05) is 13.6 Å². The summed E-state index contributed by atoms with van der Waals surface area (Å²) in [6.07, 6.45) is 6.55. The van der Waals surface area contributed by atoms with Gasteiger partial charge < -0.3 is 9.64 Å². The highest BCUT2D eigenvalue weighted by Gasteiger charge is 2.53. The second-order valence-corrected chi connectivity index (χ2v) is 8.16. The molecule has 1 saturated heterocycles. The van der Waals surface area contributed by atoms with Gasteiger partial charge >= 0.3 is 0 Å². The quantitative estimate of drug-likeness (QED) is 0.792. The zero-order valence-electron chi connectivity index (χ0n) is 14.7. The number of nitrogens with zero attached hydrogens (tertiary/aromatic N) is 1. The summed E-state index contributed by atoms with van der Waals surface area (Å²) in [4.78, 5) is 15.0. The number of rotatable bonds is 4. The average Bonchev–Trinajstić information content (AvgIpc) is 2.57. The fourth-order valence-corrected chi connectivity index (χ4v) is 4.25. The lowest BCUT2D eigenvalue weighted by molar-refractivity contribution is -0.132. The molecule has 0 aromatic heterocycles. The van der Waals surface area contributed by atoms with Crippen molar-refractivity contribution in [2.45, 2.75) is 84.0 Å². The molecule has 122 valence electrons. The number of carbonyl (C=O) groups excluding carboxylic acids is 1. The van der Waals surface area contributed by atoms with Crippen molar-refractivity contribution < 1.29 is 9.53 Å². The van der Waals surface area contributed by atoms with Crippen LogP contribution >= 0.6 is 0 Å². The van der Waals surface area contributed by atoms with Crippen LogP contribution in [-0.2, 0) is 9.53 Å². The van der Waals surface area contributed by atoms with E-state index in [-0.39, 0.29) is 17.3 Å². The second kappa shape index (κ2) is 6.00. The summed E-state index contributed by atoms with van der Waals surface area (Å²) in [5.41, 5.74) is -0.982. The maximum Gasteiger partial charge on any atom is 0.171 e. The number of ketones is 1. The van der Waals surface area contributed by atoms with Crippen LogP contribution in [0.15, 0.2) is 0 Å². The minimum absolute atomic E-state index is 0.0126. The van der Waals surface area contributed by atoms with Crippen molar-refractivity contribution in [1.82, 2.24) is 4.90 Å². The molecule has 1 aliphatic carbocycles. The van der Waals surface area contributed by atoms with E-state index in [0.717, 1.165) is 12.5 Å². The Labute approximate surface area is 130 Å². The van der Waals surface area contributed by atoms with Gasteiger partial charge in [-0.2, -0.15) is 0 Å². The van der Waals surface area contributed by atoms with E-state index in [9.17, 15) is 4.79 Å². The first-order valence-electron chi connectivity index (χ1n) is 8.62. The monoisotopic (exact) mass is 295 g/mol. The Kier molecular flexibility index (Phi) is 4.84. The molecule has 1 unspecified atom stereocenters. The van der Waals surface area contributed by atoms with E-state index in [1.165, 1.54) is 32.1 Å². The van der Waals surface area contributed by atoms with Crippen LogP contribution in [0.3, 0.4) is 0 Å². The third-order valence-electron chi connectivity index (χ3n) is 5.75. The lowest BCUT2D eigenvalue weighted by Crippen LogP contribution is -2.44. The molecular weight excluding hydrogens is 262 g/mol. The molecule has 0 spiro atoms. The van der Waals surface area contributed by atoms with Crippen LogP contribution in [0, 0.1) is 11.8 Å². The summed E-state index contributed by atoms with van der Waals surface area (Å²) in [6.45, 7) is 11.1. The van der Waals surface area contributed by atoms with E-state index in [2.05, 4.69) is 32.7 Å². The summed E-state index contributed by atoms with van der Waals surface area (Å²) < 4.78 is 6.01. The number of hydrogen-bond donors (Lipinski definition) is 0. The van der Waals surface area contributed by atoms with Crippen LogP contribution in [-0.4, -0.2) is 41.5 Å². The van der Waals surface area contributed by atoms with E-state index >= 15 is 0 Å². The van der Waals surface area contributed by atoms with Crippen molar-refractivity contribution in [1.29, 1.82) is 0 Å². The molecule has 1 atom stereocenters. The van der Waals surface area contributed by atoms with E-state index in [4.69, 9.17) is 4.74 Å². The van der Waals surface area contributed by atoms with Gasteiger partial charge in [0.05, 0.1) is 11.5 Å². The normalized spacial score (nSPS) is 35.4. The highest BCUT2D eigenvalue weighted by atomic mass is 16.5. The van der Waals surface area contributed by atoms with Crippen molar-refractivity contribution in [2.24, 2.45) is 11.8 Å². The van der Waals surface area contributed by atoms with Gasteiger partial charge in [0, 0.05) is 12.6 Å². The molecule has 1 heterocycles. The summed E-state index contributed by atoms with van der Waals surface area (Å²) in [5.74, 6) is 1.17. The SMILES string of the molecule is CCC1CCC(N(C)CC2C(=O)C(C)(C)OC2(C)C)CC1. The lowest BCUT2D eigenvalue weighted by Gasteiger charge is -2.37. The van der Waals surface area contributed by atoms with Gasteiger partial charge in [0.25, 0.3) is 0 Å². The second-order valence-electron chi connectivity index (χ2n) is 8.16. The molecule has 2 rings (SSSR count). The van der Waals surface area contributed by atoms with Crippen molar-refractivity contribution in [3.63, 3.8) is 0 Å². The van der Waals surface area contributed by atoms with Gasteiger partial charge in [0.15, 0.2) is 5.78 Å². The molecule has 1 saturated carbocycles. The molecule has 3 heteroatoms. The third-order valence-corrected chi connectivity index (χ3v) is 5.75. The molecule has 0 radical (unpaired) electrons. The summed E-state index contributed by atoms with van der Waals surface area (Å²) in [6, 6.07) is 0.639. The maximum absolute atomic E-state index is 12.6. The summed E-state index contributed by atoms with van der Waals surface area (Å²) >= 11 is 0. The van der Waals surface area contributed by atoms with Gasteiger partial charge in [-0.3, -0.25) is 4.79 Å². The Morgan fingerprint density at radius 2 is 1.71 bits per heavy atom. The van der Waals surface area contributed by atoms with Crippen molar-refractivity contribution >= 4 is 5.78 Å². The predicted octanol–water partition coefficient (Wildman–Crippen LogP) is 3.66. The predicted molar refractivity (Wildman–Crippen MR) is 86.4 cm³/mol. The molecule has 3 nitrogen and oxygen atoms in total. The molecule has 0 aromatic rings. The van der Waals surface area contributed by atoms with Crippen LogP contribution in [0.1, 0.15) is 66.7 Å². The molecule has 0 N–H and O–H groups in total. The number of hydrogen-bond acceptors (Lipinski definition) is 3. The number of carbonyl (C=O) groups is 1. The van der Waals surface area contributed by atoms with Crippen LogP contribution in [0.4, 0.5) is 0 Å². The molecule has 21 heavy (non-hydrogen) atoms. The molecule has 2 aliphatic rings. The van der Waals surface area contributed by atoms with E-state index in [1.807, 2.05) is 13.8 Å². The minimum Gasteiger partial charge on any atom is -0.361 e. The van der Waals surface area contributed by atoms with Gasteiger partial charge in [0.1, 0.15) is 5.60 Å². The molecule has 2 fully saturated rings. The van der Waals surface area contributed by atoms with E-state index < -0.39 is 5.60 Å². The Morgan fingerprint density at radius 1 is 1.14 bits per heavy atom. The molecule has 0 bridgehead atoms. The van der Waals surface area contributed by atoms with Crippen LogP contribution in [0.25, 0.3) is 0 Å².